The van der Waals surface area contributed by atoms with Gasteiger partial charge >= 0.3 is 0 Å². The Labute approximate surface area is 71.1 Å². The van der Waals surface area contributed by atoms with Gasteiger partial charge in [0.2, 0.25) is 0 Å². The lowest BCUT2D eigenvalue weighted by Gasteiger charge is -2.30. The number of carbonyl (C=O) groups is 1. The zero-order valence-electron chi connectivity index (χ0n) is 6.56. The van der Waals surface area contributed by atoms with Crippen LogP contribution in [0.2, 0.25) is 0 Å². The summed E-state index contributed by atoms with van der Waals surface area (Å²) in [5.41, 5.74) is 0.0608. The van der Waals surface area contributed by atoms with E-state index in [4.69, 9.17) is 0 Å². The summed E-state index contributed by atoms with van der Waals surface area (Å²) < 4.78 is 0. The number of thioether (sulfide) groups is 1. The Bertz CT molecular complexity index is 175. The van der Waals surface area contributed by atoms with Gasteiger partial charge in [-0.15, -0.1) is 0 Å². The zero-order valence-corrected chi connectivity index (χ0v) is 7.38. The van der Waals surface area contributed by atoms with Crippen molar-refractivity contribution < 1.29 is 4.79 Å². The van der Waals surface area contributed by atoms with Crippen molar-refractivity contribution in [3.8, 4) is 0 Å². The highest BCUT2D eigenvalue weighted by Gasteiger charge is 2.41. The Balaban J connectivity index is 2.13. The maximum atomic E-state index is 11.6. The normalized spacial score (nSPS) is 38.4. The second-order valence-corrected chi connectivity index (χ2v) is 4.54. The van der Waals surface area contributed by atoms with Crippen molar-refractivity contribution in [1.82, 2.24) is 5.32 Å². The number of nitrogens with one attached hydrogen (secondary N) is 1. The summed E-state index contributed by atoms with van der Waals surface area (Å²) in [5, 5.41) is 3.28. The molecule has 1 N–H and O–H groups in total. The molecule has 0 aromatic heterocycles. The standard InChI is InChI=1S/C8H13NOS/c10-7-5-11-4-2-8(7)1-3-9-6-8/h9H,1-6H2. The number of rotatable bonds is 0. The quantitative estimate of drug-likeness (QED) is 0.581. The second-order valence-electron chi connectivity index (χ2n) is 3.43. The Morgan fingerprint density at radius 2 is 2.36 bits per heavy atom. The lowest BCUT2D eigenvalue weighted by molar-refractivity contribution is -0.125. The highest BCUT2D eigenvalue weighted by atomic mass is 32.2. The molecule has 0 saturated carbocycles. The van der Waals surface area contributed by atoms with Crippen LogP contribution in [0.15, 0.2) is 0 Å². The van der Waals surface area contributed by atoms with Crippen molar-refractivity contribution in [1.29, 1.82) is 0 Å². The van der Waals surface area contributed by atoms with Gasteiger partial charge in [0, 0.05) is 12.0 Å². The van der Waals surface area contributed by atoms with Crippen LogP contribution in [0.1, 0.15) is 12.8 Å². The molecule has 11 heavy (non-hydrogen) atoms. The Morgan fingerprint density at radius 3 is 3.00 bits per heavy atom. The topological polar surface area (TPSA) is 29.1 Å². The molecule has 0 aromatic carbocycles. The van der Waals surface area contributed by atoms with Gasteiger partial charge < -0.3 is 5.32 Å². The van der Waals surface area contributed by atoms with E-state index < -0.39 is 0 Å². The Hall–Kier alpha value is -0.0200. The highest BCUT2D eigenvalue weighted by Crippen LogP contribution is 2.36. The molecule has 0 aliphatic carbocycles. The smallest absolute Gasteiger partial charge is 0.150 e. The molecule has 0 radical (unpaired) electrons. The van der Waals surface area contributed by atoms with Crippen molar-refractivity contribution in [3.63, 3.8) is 0 Å². The fourth-order valence-corrected chi connectivity index (χ4v) is 3.09. The number of ketones is 1. The average molecular weight is 171 g/mol. The number of carbonyl (C=O) groups excluding carboxylic acids is 1. The van der Waals surface area contributed by atoms with Gasteiger partial charge in [0.05, 0.1) is 5.75 Å². The number of Topliss-reactive ketones (excluding diaryl/α,β-unsaturated/α-hetero) is 1. The van der Waals surface area contributed by atoms with Crippen LogP contribution < -0.4 is 5.32 Å². The van der Waals surface area contributed by atoms with Crippen molar-refractivity contribution in [2.45, 2.75) is 12.8 Å². The molecule has 1 spiro atoms. The first-order valence-electron chi connectivity index (χ1n) is 4.15. The first kappa shape index (κ1) is 7.62. The van der Waals surface area contributed by atoms with Gasteiger partial charge in [-0.25, -0.2) is 0 Å². The van der Waals surface area contributed by atoms with Gasteiger partial charge in [-0.05, 0) is 25.1 Å². The molecule has 2 aliphatic rings. The van der Waals surface area contributed by atoms with Crippen LogP contribution >= 0.6 is 11.8 Å². The van der Waals surface area contributed by atoms with Crippen molar-refractivity contribution in [2.24, 2.45) is 5.41 Å². The summed E-state index contributed by atoms with van der Waals surface area (Å²) in [7, 11) is 0. The Kier molecular flexibility index (Phi) is 1.93. The average Bonchev–Trinajstić information content (AvgIpc) is 2.46. The molecule has 2 rings (SSSR count). The largest absolute Gasteiger partial charge is 0.316 e. The molecule has 3 heteroatoms. The van der Waals surface area contributed by atoms with Crippen LogP contribution in [0, 0.1) is 5.41 Å². The van der Waals surface area contributed by atoms with E-state index in [0.717, 1.165) is 31.7 Å². The van der Waals surface area contributed by atoms with Gasteiger partial charge in [0.15, 0.2) is 0 Å². The van der Waals surface area contributed by atoms with E-state index >= 15 is 0 Å². The predicted molar refractivity (Wildman–Crippen MR) is 46.9 cm³/mol. The van der Waals surface area contributed by atoms with Gasteiger partial charge in [-0.3, -0.25) is 4.79 Å². The maximum Gasteiger partial charge on any atom is 0.150 e. The van der Waals surface area contributed by atoms with Crippen molar-refractivity contribution >= 4 is 17.5 Å². The molecular weight excluding hydrogens is 158 g/mol. The fourth-order valence-electron chi connectivity index (χ4n) is 1.92. The molecule has 62 valence electrons. The molecule has 2 aliphatic heterocycles. The maximum absolute atomic E-state index is 11.6. The first-order chi connectivity index (χ1) is 5.33. The summed E-state index contributed by atoms with van der Waals surface area (Å²) >= 11 is 1.79. The zero-order chi connectivity index (χ0) is 7.73. The van der Waals surface area contributed by atoms with Crippen LogP contribution in [0.4, 0.5) is 0 Å². The van der Waals surface area contributed by atoms with Crippen LogP contribution in [-0.4, -0.2) is 30.4 Å². The van der Waals surface area contributed by atoms with Crippen molar-refractivity contribution in [2.75, 3.05) is 24.6 Å². The van der Waals surface area contributed by atoms with E-state index in [0.29, 0.717) is 5.78 Å². The minimum atomic E-state index is 0.0608. The number of hydrogen-bond acceptors (Lipinski definition) is 3. The molecule has 1 unspecified atom stereocenters. The first-order valence-corrected chi connectivity index (χ1v) is 5.31. The van der Waals surface area contributed by atoms with Gasteiger partial charge in [0.1, 0.15) is 5.78 Å². The second kappa shape index (κ2) is 2.79. The lowest BCUT2D eigenvalue weighted by atomic mass is 9.80. The third-order valence-electron chi connectivity index (χ3n) is 2.79. The fraction of sp³-hybridized carbons (Fsp3) is 0.875. The minimum absolute atomic E-state index is 0.0608. The third-order valence-corrected chi connectivity index (χ3v) is 3.75. The summed E-state index contributed by atoms with van der Waals surface area (Å²) in [4.78, 5) is 11.6. The Morgan fingerprint density at radius 1 is 1.45 bits per heavy atom. The summed E-state index contributed by atoms with van der Waals surface area (Å²) in [6.07, 6.45) is 2.18. The van der Waals surface area contributed by atoms with Gasteiger partial charge in [-0.1, -0.05) is 0 Å². The van der Waals surface area contributed by atoms with Crippen molar-refractivity contribution in [3.05, 3.63) is 0 Å². The molecule has 0 aromatic rings. The van der Waals surface area contributed by atoms with Crippen LogP contribution in [0.5, 0.6) is 0 Å². The predicted octanol–water partition coefficient (Wildman–Crippen LogP) is 0.672. The van der Waals surface area contributed by atoms with E-state index in [1.807, 2.05) is 0 Å². The SMILES string of the molecule is O=C1CSCCC12CCNC2. The molecule has 1 atom stereocenters. The van der Waals surface area contributed by atoms with Crippen LogP contribution in [-0.2, 0) is 4.79 Å². The molecule has 2 fully saturated rings. The van der Waals surface area contributed by atoms with E-state index in [1.54, 1.807) is 11.8 Å². The van der Waals surface area contributed by atoms with Crippen LogP contribution in [0.25, 0.3) is 0 Å². The lowest BCUT2D eigenvalue weighted by Crippen LogP contribution is -2.38. The summed E-state index contributed by atoms with van der Waals surface area (Å²) in [6.45, 7) is 1.98. The monoisotopic (exact) mass is 171 g/mol. The van der Waals surface area contributed by atoms with E-state index in [1.165, 1.54) is 5.75 Å². The molecule has 2 saturated heterocycles. The summed E-state index contributed by atoms with van der Waals surface area (Å²) in [6, 6.07) is 0. The molecule has 2 heterocycles. The minimum Gasteiger partial charge on any atom is -0.316 e. The van der Waals surface area contributed by atoms with E-state index in [9.17, 15) is 4.79 Å². The number of hydrogen-bond donors (Lipinski definition) is 1. The molecule has 0 bridgehead atoms. The summed E-state index contributed by atoms with van der Waals surface area (Å²) in [5.74, 6) is 2.41. The third kappa shape index (κ3) is 1.20. The molecular formula is C8H13NOS. The van der Waals surface area contributed by atoms with E-state index in [2.05, 4.69) is 5.32 Å². The van der Waals surface area contributed by atoms with Gasteiger partial charge in [-0.2, -0.15) is 11.8 Å². The molecule has 2 nitrogen and oxygen atoms in total. The van der Waals surface area contributed by atoms with Gasteiger partial charge in [0.25, 0.3) is 0 Å². The molecule has 0 amide bonds. The van der Waals surface area contributed by atoms with E-state index in [-0.39, 0.29) is 5.41 Å². The van der Waals surface area contributed by atoms with Crippen LogP contribution in [0.3, 0.4) is 0 Å². The highest BCUT2D eigenvalue weighted by molar-refractivity contribution is 8.00.